The lowest BCUT2D eigenvalue weighted by Crippen LogP contribution is -2.39. The van der Waals surface area contributed by atoms with E-state index in [-0.39, 0.29) is 30.0 Å². The number of carbonyl (C=O) groups excluding carboxylic acids is 1. The van der Waals surface area contributed by atoms with Gasteiger partial charge >= 0.3 is 0 Å². The molecule has 1 amide bonds. The van der Waals surface area contributed by atoms with Crippen molar-refractivity contribution in [3.63, 3.8) is 0 Å². The Bertz CT molecular complexity index is 819. The van der Waals surface area contributed by atoms with Gasteiger partial charge in [0.1, 0.15) is 0 Å². The van der Waals surface area contributed by atoms with Crippen LogP contribution in [-0.2, 0) is 14.6 Å². The summed E-state index contributed by atoms with van der Waals surface area (Å²) >= 11 is 0. The van der Waals surface area contributed by atoms with Crippen molar-refractivity contribution in [1.29, 1.82) is 0 Å². The van der Waals surface area contributed by atoms with Gasteiger partial charge in [-0.1, -0.05) is 48.5 Å². The summed E-state index contributed by atoms with van der Waals surface area (Å²) in [6.45, 7) is 0.112. The highest BCUT2D eigenvalue weighted by Crippen LogP contribution is 2.27. The van der Waals surface area contributed by atoms with E-state index in [4.69, 9.17) is 0 Å². The number of para-hydroxylation sites is 1. The summed E-state index contributed by atoms with van der Waals surface area (Å²) < 4.78 is 22.9. The summed E-state index contributed by atoms with van der Waals surface area (Å²) in [6.07, 6.45) is 0.495. The summed E-state index contributed by atoms with van der Waals surface area (Å²) in [6, 6.07) is 17.5. The number of sulfone groups is 1. The molecule has 0 radical (unpaired) electrons. The number of benzene rings is 2. The number of amides is 1. The lowest BCUT2D eigenvalue weighted by molar-refractivity contribution is -0.119. The first-order valence-electron chi connectivity index (χ1n) is 7.92. The highest BCUT2D eigenvalue weighted by molar-refractivity contribution is 7.91. The average Bonchev–Trinajstić information content (AvgIpc) is 2.92. The third kappa shape index (κ3) is 4.14. The summed E-state index contributed by atoms with van der Waals surface area (Å²) in [5.74, 6) is 0.00151. The fraction of sp³-hybridized carbons (Fsp3) is 0.278. The molecule has 0 saturated carbocycles. The maximum Gasteiger partial charge on any atom is 0.239 e. The minimum atomic E-state index is -2.99. The van der Waals surface area contributed by atoms with Gasteiger partial charge in [-0.2, -0.15) is 0 Å². The largest absolute Gasteiger partial charge is 0.376 e. The highest BCUT2D eigenvalue weighted by Gasteiger charge is 2.28. The van der Waals surface area contributed by atoms with Crippen molar-refractivity contribution in [2.45, 2.75) is 12.5 Å². The average molecular weight is 344 g/mol. The standard InChI is InChI=1S/C18H20N2O3S/c21-18(20-15-10-11-24(22,23)13-15)12-19-17-9-5-4-8-16(17)14-6-2-1-3-7-14/h1-9,15,19H,10-13H2,(H,20,21). The van der Waals surface area contributed by atoms with Crippen molar-refractivity contribution < 1.29 is 13.2 Å². The fourth-order valence-electron chi connectivity index (χ4n) is 2.87. The zero-order chi connectivity index (χ0) is 17.0. The fourth-order valence-corrected chi connectivity index (χ4v) is 4.54. The Morgan fingerprint density at radius 2 is 1.75 bits per heavy atom. The van der Waals surface area contributed by atoms with Gasteiger partial charge in [0, 0.05) is 17.3 Å². The Morgan fingerprint density at radius 3 is 2.46 bits per heavy atom. The summed E-state index contributed by atoms with van der Waals surface area (Å²) in [5.41, 5.74) is 2.97. The Morgan fingerprint density at radius 1 is 1.04 bits per heavy atom. The molecule has 1 unspecified atom stereocenters. The summed E-state index contributed by atoms with van der Waals surface area (Å²) in [4.78, 5) is 12.1. The van der Waals surface area contributed by atoms with Gasteiger partial charge in [-0.05, 0) is 18.1 Å². The highest BCUT2D eigenvalue weighted by atomic mass is 32.2. The van der Waals surface area contributed by atoms with Gasteiger partial charge in [0.05, 0.1) is 18.1 Å². The molecule has 1 saturated heterocycles. The van der Waals surface area contributed by atoms with Crippen molar-refractivity contribution in [2.75, 3.05) is 23.4 Å². The maximum atomic E-state index is 12.1. The minimum Gasteiger partial charge on any atom is -0.376 e. The van der Waals surface area contributed by atoms with E-state index in [1.807, 2.05) is 54.6 Å². The van der Waals surface area contributed by atoms with E-state index in [0.717, 1.165) is 16.8 Å². The van der Waals surface area contributed by atoms with E-state index in [1.165, 1.54) is 0 Å². The van der Waals surface area contributed by atoms with Crippen LogP contribution in [0.1, 0.15) is 6.42 Å². The normalized spacial score (nSPS) is 18.9. The number of carbonyl (C=O) groups is 1. The number of hydrogen-bond acceptors (Lipinski definition) is 4. The molecule has 1 aliphatic heterocycles. The smallest absolute Gasteiger partial charge is 0.239 e. The van der Waals surface area contributed by atoms with Crippen LogP contribution in [-0.4, -0.2) is 38.4 Å². The predicted molar refractivity (Wildman–Crippen MR) is 95.6 cm³/mol. The van der Waals surface area contributed by atoms with Gasteiger partial charge in [-0.3, -0.25) is 4.79 Å². The van der Waals surface area contributed by atoms with Crippen molar-refractivity contribution in [3.8, 4) is 11.1 Å². The van der Waals surface area contributed by atoms with E-state index in [2.05, 4.69) is 10.6 Å². The Balaban J connectivity index is 1.62. The number of anilines is 1. The third-order valence-corrected chi connectivity index (χ3v) is 5.82. The quantitative estimate of drug-likeness (QED) is 0.871. The van der Waals surface area contributed by atoms with Crippen LogP contribution in [0.4, 0.5) is 5.69 Å². The second-order valence-corrected chi connectivity index (χ2v) is 8.16. The topological polar surface area (TPSA) is 75.3 Å². The van der Waals surface area contributed by atoms with Crippen LogP contribution in [0.2, 0.25) is 0 Å². The van der Waals surface area contributed by atoms with Crippen LogP contribution in [0.25, 0.3) is 11.1 Å². The van der Waals surface area contributed by atoms with Crippen LogP contribution in [0.15, 0.2) is 54.6 Å². The lowest BCUT2D eigenvalue weighted by Gasteiger charge is -2.14. The summed E-state index contributed by atoms with van der Waals surface area (Å²) in [7, 11) is -2.99. The third-order valence-electron chi connectivity index (χ3n) is 4.05. The van der Waals surface area contributed by atoms with Crippen molar-refractivity contribution in [1.82, 2.24) is 5.32 Å². The first-order valence-corrected chi connectivity index (χ1v) is 9.74. The van der Waals surface area contributed by atoms with E-state index >= 15 is 0 Å². The Labute approximate surface area is 142 Å². The first kappa shape index (κ1) is 16.5. The molecule has 24 heavy (non-hydrogen) atoms. The van der Waals surface area contributed by atoms with Crippen molar-refractivity contribution >= 4 is 21.4 Å². The van der Waals surface area contributed by atoms with Gasteiger partial charge in [0.15, 0.2) is 9.84 Å². The monoisotopic (exact) mass is 344 g/mol. The number of nitrogens with one attached hydrogen (secondary N) is 2. The molecule has 0 spiro atoms. The zero-order valence-corrected chi connectivity index (χ0v) is 14.1. The molecule has 0 bridgehead atoms. The molecule has 1 fully saturated rings. The van der Waals surface area contributed by atoms with E-state index in [0.29, 0.717) is 6.42 Å². The molecule has 5 nitrogen and oxygen atoms in total. The SMILES string of the molecule is O=C(CNc1ccccc1-c1ccccc1)NC1CCS(=O)(=O)C1. The van der Waals surface area contributed by atoms with Gasteiger partial charge in [0.2, 0.25) is 5.91 Å². The van der Waals surface area contributed by atoms with Gasteiger partial charge in [0.25, 0.3) is 0 Å². The van der Waals surface area contributed by atoms with E-state index in [9.17, 15) is 13.2 Å². The second kappa shape index (κ2) is 7.05. The van der Waals surface area contributed by atoms with Gasteiger partial charge < -0.3 is 10.6 Å². The summed E-state index contributed by atoms with van der Waals surface area (Å²) in [5, 5.41) is 5.93. The lowest BCUT2D eigenvalue weighted by atomic mass is 10.0. The molecule has 2 N–H and O–H groups in total. The maximum absolute atomic E-state index is 12.1. The van der Waals surface area contributed by atoms with Crippen LogP contribution in [0, 0.1) is 0 Å². The van der Waals surface area contributed by atoms with Crippen LogP contribution >= 0.6 is 0 Å². The first-order chi connectivity index (χ1) is 11.5. The molecule has 1 heterocycles. The van der Waals surface area contributed by atoms with Crippen molar-refractivity contribution in [2.24, 2.45) is 0 Å². The molecular formula is C18H20N2O3S. The Hall–Kier alpha value is -2.34. The molecule has 0 aromatic heterocycles. The minimum absolute atomic E-state index is 0.0410. The van der Waals surface area contributed by atoms with Crippen LogP contribution in [0.3, 0.4) is 0 Å². The second-order valence-electron chi connectivity index (χ2n) is 5.93. The molecular weight excluding hydrogens is 324 g/mol. The molecule has 3 rings (SSSR count). The van der Waals surface area contributed by atoms with E-state index in [1.54, 1.807) is 0 Å². The molecule has 1 atom stereocenters. The van der Waals surface area contributed by atoms with Gasteiger partial charge in [-0.15, -0.1) is 0 Å². The number of rotatable bonds is 5. The number of hydrogen-bond donors (Lipinski definition) is 2. The Kier molecular flexibility index (Phi) is 4.85. The predicted octanol–water partition coefficient (Wildman–Crippen LogP) is 2.07. The molecule has 2 aromatic rings. The van der Waals surface area contributed by atoms with Gasteiger partial charge in [-0.25, -0.2) is 8.42 Å². The van der Waals surface area contributed by atoms with Crippen LogP contribution < -0.4 is 10.6 Å². The van der Waals surface area contributed by atoms with E-state index < -0.39 is 9.84 Å². The zero-order valence-electron chi connectivity index (χ0n) is 13.2. The molecule has 6 heteroatoms. The molecule has 126 valence electrons. The van der Waals surface area contributed by atoms with Crippen LogP contribution in [0.5, 0.6) is 0 Å². The molecule has 0 aliphatic carbocycles. The molecule has 1 aliphatic rings. The molecule has 2 aromatic carbocycles. The van der Waals surface area contributed by atoms with Crippen molar-refractivity contribution in [3.05, 3.63) is 54.6 Å².